The van der Waals surface area contributed by atoms with Gasteiger partial charge in [0.05, 0.1) is 26.2 Å². The van der Waals surface area contributed by atoms with Crippen molar-refractivity contribution in [3.63, 3.8) is 0 Å². The molecule has 0 aliphatic heterocycles. The highest BCUT2D eigenvalue weighted by Crippen LogP contribution is 2.26. The van der Waals surface area contributed by atoms with E-state index in [1.807, 2.05) is 121 Å². The lowest BCUT2D eigenvalue weighted by molar-refractivity contribution is -0.470. The molecule has 0 saturated heterocycles. The number of anilines is 4. The third-order valence-corrected chi connectivity index (χ3v) is 6.14. The number of hydrogen-bond donors (Lipinski definition) is 8. The second kappa shape index (κ2) is 20.0. The Labute approximate surface area is 274 Å². The minimum Gasteiger partial charge on any atom is -0.759 e. The molecule has 4 rings (SSSR count). The van der Waals surface area contributed by atoms with Crippen molar-refractivity contribution in [3.05, 3.63) is 121 Å². The number of rotatable bonds is 12. The van der Waals surface area contributed by atoms with Crippen LogP contribution in [-0.2, 0) is 10.4 Å². The van der Waals surface area contributed by atoms with Crippen LogP contribution in [0.3, 0.4) is 0 Å². The van der Waals surface area contributed by atoms with Gasteiger partial charge in [-0.3, -0.25) is 41.3 Å². The molecular weight excluding hydrogens is 624 g/mol. The van der Waals surface area contributed by atoms with Crippen molar-refractivity contribution in [2.45, 2.75) is 12.2 Å². The third kappa shape index (κ3) is 16.6. The van der Waals surface area contributed by atoms with Gasteiger partial charge >= 0.3 is 11.9 Å². The van der Waals surface area contributed by atoms with E-state index in [2.05, 4.69) is 19.8 Å². The van der Waals surface area contributed by atoms with Crippen LogP contribution in [0.1, 0.15) is 0 Å². The molecule has 0 radical (unpaired) electrons. The van der Waals surface area contributed by atoms with E-state index in [1.165, 1.54) is 0 Å². The van der Waals surface area contributed by atoms with Crippen LogP contribution in [0.25, 0.3) is 0 Å². The van der Waals surface area contributed by atoms with E-state index in [-0.39, 0.29) is 11.9 Å². The summed E-state index contributed by atoms with van der Waals surface area (Å²) in [6.07, 6.45) is -1.21. The third-order valence-electron chi connectivity index (χ3n) is 6.14. The average molecular weight is 667 g/mol. The summed E-state index contributed by atoms with van der Waals surface area (Å²) in [6, 6.07) is 39.7. The molecule has 0 bridgehead atoms. The molecule has 0 spiro atoms. The number of hydrogen-bond acceptors (Lipinski definition) is 8. The molecule has 2 atom stereocenters. The minimum atomic E-state index is -5.17. The molecule has 12 N–H and O–H groups in total. The lowest BCUT2D eigenvalue weighted by atomic mass is 10.2. The summed E-state index contributed by atoms with van der Waals surface area (Å²) in [5.74, 6) is 0.222. The zero-order chi connectivity index (χ0) is 34.7. The van der Waals surface area contributed by atoms with Gasteiger partial charge in [0.1, 0.15) is 12.2 Å². The highest BCUT2D eigenvalue weighted by atomic mass is 32.3. The second-order valence-electron chi connectivity index (χ2n) is 9.95. The topological polar surface area (TPSA) is 259 Å². The normalized spacial score (nSPS) is 11.7. The Morgan fingerprint density at radius 2 is 0.766 bits per heavy atom. The summed E-state index contributed by atoms with van der Waals surface area (Å²) in [7, 11) is -5.17. The van der Waals surface area contributed by atoms with Crippen molar-refractivity contribution in [1.29, 1.82) is 0 Å². The maximum Gasteiger partial charge on any atom is 0.338 e. The number of nitrogens with one attached hydrogen (secondary N) is 2. The summed E-state index contributed by atoms with van der Waals surface area (Å²) < 4.78 is 34.1. The Morgan fingerprint density at radius 3 is 0.957 bits per heavy atom. The molecule has 0 amide bonds. The van der Waals surface area contributed by atoms with Crippen molar-refractivity contribution in [1.82, 2.24) is 0 Å². The predicted molar refractivity (Wildman–Crippen MR) is 181 cm³/mol. The van der Waals surface area contributed by atoms with Crippen molar-refractivity contribution in [2.24, 2.45) is 22.9 Å². The summed E-state index contributed by atoms with van der Waals surface area (Å²) in [5.41, 5.74) is 25.5. The van der Waals surface area contributed by atoms with Crippen molar-refractivity contribution >= 4 is 45.1 Å². The zero-order valence-electron chi connectivity index (χ0n) is 25.7. The van der Waals surface area contributed by atoms with Crippen LogP contribution in [-0.4, -0.2) is 78.0 Å². The van der Waals surface area contributed by atoms with Gasteiger partial charge in [-0.25, -0.2) is 0 Å². The Balaban J connectivity index is 0.000000286. The Kier molecular flexibility index (Phi) is 16.2. The Bertz CT molecular complexity index is 1400. The van der Waals surface area contributed by atoms with Crippen LogP contribution < -0.4 is 42.7 Å². The maximum atomic E-state index is 10.2. The maximum absolute atomic E-state index is 10.2. The van der Waals surface area contributed by atoms with Crippen molar-refractivity contribution in [2.75, 3.05) is 36.0 Å². The number of nitrogens with zero attached hydrogens (tertiary/aromatic N) is 2. The van der Waals surface area contributed by atoms with Gasteiger partial charge in [0, 0.05) is 33.1 Å². The van der Waals surface area contributed by atoms with Gasteiger partial charge in [0.25, 0.3) is 0 Å². The summed E-state index contributed by atoms with van der Waals surface area (Å²) in [6.45, 7) is 1.49. The summed E-state index contributed by atoms with van der Waals surface area (Å²) in [5, 5.41) is 20.3. The average Bonchev–Trinajstić information content (AvgIpc) is 3.05. The van der Waals surface area contributed by atoms with Crippen LogP contribution >= 0.6 is 0 Å². The van der Waals surface area contributed by atoms with E-state index in [0.29, 0.717) is 26.2 Å². The molecule has 47 heavy (non-hydrogen) atoms. The quantitative estimate of drug-likeness (QED) is 0.0345. The molecule has 15 heteroatoms. The monoisotopic (exact) mass is 666 g/mol. The van der Waals surface area contributed by atoms with E-state index in [4.69, 9.17) is 40.5 Å². The molecule has 252 valence electrons. The Hall–Kier alpha value is -5.19. The van der Waals surface area contributed by atoms with Crippen molar-refractivity contribution in [3.8, 4) is 0 Å². The number of benzene rings is 4. The van der Waals surface area contributed by atoms with E-state index < -0.39 is 22.6 Å². The smallest absolute Gasteiger partial charge is 0.338 e. The van der Waals surface area contributed by atoms with Gasteiger partial charge in [0.2, 0.25) is 0 Å². The van der Waals surface area contributed by atoms with E-state index in [0.717, 1.165) is 22.7 Å². The molecule has 14 nitrogen and oxygen atoms in total. The van der Waals surface area contributed by atoms with Gasteiger partial charge in [-0.15, -0.1) is 0 Å². The summed E-state index contributed by atoms with van der Waals surface area (Å²) in [4.78, 5) is 9.61. The van der Waals surface area contributed by atoms with Gasteiger partial charge in [-0.2, -0.15) is 0 Å². The Morgan fingerprint density at radius 1 is 0.553 bits per heavy atom. The largest absolute Gasteiger partial charge is 0.759 e. The highest BCUT2D eigenvalue weighted by molar-refractivity contribution is 7.79. The first-order valence-corrected chi connectivity index (χ1v) is 15.7. The minimum absolute atomic E-state index is 0.111. The molecule has 4 aromatic carbocycles. The van der Waals surface area contributed by atoms with Crippen molar-refractivity contribution < 1.29 is 37.7 Å². The molecular formula is C32H42N8O6S. The van der Waals surface area contributed by atoms with Crippen LogP contribution in [0.2, 0.25) is 0 Å². The van der Waals surface area contributed by atoms with E-state index in [9.17, 15) is 10.2 Å². The number of nitrogens with two attached hydrogens (primary N) is 4. The molecule has 4 aromatic rings. The van der Waals surface area contributed by atoms with Gasteiger partial charge in [-0.05, 0) is 48.5 Å². The molecule has 0 aromatic heterocycles. The lowest BCUT2D eigenvalue weighted by Crippen LogP contribution is -2.80. The highest BCUT2D eigenvalue weighted by Gasteiger charge is 2.15. The standard InChI is InChI=1S/2C16H20N4O.H2O4S/c2*17-16(18)19-11-15(21)12-20(13-7-3-1-4-8-13)14-9-5-2-6-10-14;1-5(2,3)4/h2*1-10,15,21H,11-12H2,(H4,17,18,19);(H2,1,2,3,4). The fourth-order valence-corrected chi connectivity index (χ4v) is 4.17. The van der Waals surface area contributed by atoms with E-state index in [1.54, 1.807) is 0 Å². The molecule has 0 heterocycles. The number of aliphatic hydroxyl groups is 2. The van der Waals surface area contributed by atoms with Gasteiger partial charge < -0.3 is 29.1 Å². The second-order valence-corrected chi connectivity index (χ2v) is 10.8. The van der Waals surface area contributed by atoms with Crippen LogP contribution in [0.5, 0.6) is 0 Å². The summed E-state index contributed by atoms with van der Waals surface area (Å²) >= 11 is 0. The number of guanidine groups is 2. The molecule has 0 aliphatic rings. The first kappa shape index (κ1) is 38.0. The first-order valence-electron chi connectivity index (χ1n) is 14.3. The van der Waals surface area contributed by atoms with Crippen LogP contribution in [0.15, 0.2) is 121 Å². The predicted octanol–water partition coefficient (Wildman–Crippen LogP) is -2.26. The van der Waals surface area contributed by atoms with Gasteiger partial charge in [0.15, 0.2) is 0 Å². The lowest BCUT2D eigenvalue weighted by Gasteiger charge is -2.26. The fourth-order valence-electron chi connectivity index (χ4n) is 4.17. The van der Waals surface area contributed by atoms with Crippen LogP contribution in [0, 0.1) is 0 Å². The number of aliphatic hydroxyl groups excluding tert-OH is 2. The molecule has 2 unspecified atom stereocenters. The molecule has 0 fully saturated rings. The van der Waals surface area contributed by atoms with E-state index >= 15 is 0 Å². The SMILES string of the molecule is NC(N)=[NH+]CC(O)CN(c1ccccc1)c1ccccc1.NC(N)=[NH+]CC(O)CN(c1ccccc1)c1ccccc1.O=S(=O)([O-])[O-]. The first-order chi connectivity index (χ1) is 22.3. The van der Waals surface area contributed by atoms with Crippen LogP contribution in [0.4, 0.5) is 22.7 Å². The molecule has 0 aliphatic carbocycles. The fraction of sp³-hybridized carbons (Fsp3) is 0.188. The molecule has 0 saturated carbocycles. The van der Waals surface area contributed by atoms with Gasteiger partial charge in [-0.1, -0.05) is 72.8 Å². The zero-order valence-corrected chi connectivity index (χ0v) is 26.5. The number of para-hydroxylation sites is 4.